The van der Waals surface area contributed by atoms with Crippen LogP contribution in [-0.2, 0) is 11.8 Å². The molecule has 2 aliphatic carbocycles. The molecular weight excluding hydrogens is 413 g/mol. The van der Waals surface area contributed by atoms with Crippen molar-refractivity contribution in [3.05, 3.63) is 52.1 Å². The van der Waals surface area contributed by atoms with Crippen LogP contribution in [0.15, 0.2) is 18.2 Å². The summed E-state index contributed by atoms with van der Waals surface area (Å²) in [7, 11) is 1.68. The van der Waals surface area contributed by atoms with Gasteiger partial charge in [-0.2, -0.15) is 0 Å². The van der Waals surface area contributed by atoms with Crippen molar-refractivity contribution in [2.75, 3.05) is 5.32 Å². The second-order valence-electron chi connectivity index (χ2n) is 9.38. The van der Waals surface area contributed by atoms with Crippen molar-refractivity contribution in [2.24, 2.45) is 7.05 Å². The smallest absolute Gasteiger partial charge is 0.294 e. The van der Waals surface area contributed by atoms with Crippen molar-refractivity contribution in [3.63, 3.8) is 0 Å². The summed E-state index contributed by atoms with van der Waals surface area (Å²) in [5, 5.41) is 15.1. The van der Waals surface area contributed by atoms with Gasteiger partial charge in [-0.05, 0) is 81.7 Å². The maximum absolute atomic E-state index is 13.6. The van der Waals surface area contributed by atoms with Crippen LogP contribution in [0.25, 0.3) is 0 Å². The molecule has 2 fully saturated rings. The summed E-state index contributed by atoms with van der Waals surface area (Å²) >= 11 is 0. The Morgan fingerprint density at radius 3 is 2.41 bits per heavy atom. The number of amides is 2. The maximum Gasteiger partial charge on any atom is 0.294 e. The highest BCUT2D eigenvalue weighted by Crippen LogP contribution is 2.45. The number of rotatable bonds is 6. The molecular formula is C24H28FN3O4. The van der Waals surface area contributed by atoms with Gasteiger partial charge in [0, 0.05) is 24.0 Å². The van der Waals surface area contributed by atoms with Gasteiger partial charge in [-0.25, -0.2) is 4.39 Å². The molecule has 0 saturated heterocycles. The van der Waals surface area contributed by atoms with E-state index in [0.29, 0.717) is 40.9 Å². The molecule has 0 bridgehead atoms. The number of carbonyl (C=O) groups excluding carboxylic acids is 3. The number of nitrogens with zero attached hydrogens (tertiary/aromatic N) is 1. The van der Waals surface area contributed by atoms with Crippen molar-refractivity contribution in [1.29, 1.82) is 0 Å². The Morgan fingerprint density at radius 2 is 1.84 bits per heavy atom. The zero-order valence-corrected chi connectivity index (χ0v) is 18.7. The van der Waals surface area contributed by atoms with Gasteiger partial charge in [0.2, 0.25) is 0 Å². The van der Waals surface area contributed by atoms with E-state index in [1.807, 2.05) is 0 Å². The molecule has 170 valence electrons. The summed E-state index contributed by atoms with van der Waals surface area (Å²) < 4.78 is 15.2. The highest BCUT2D eigenvalue weighted by Gasteiger charge is 2.43. The number of hydrogen-bond donors (Lipinski definition) is 3. The predicted octanol–water partition coefficient (Wildman–Crippen LogP) is 3.12. The number of ketones is 1. The van der Waals surface area contributed by atoms with Crippen LogP contribution in [0.4, 0.5) is 10.1 Å². The van der Waals surface area contributed by atoms with E-state index in [-0.39, 0.29) is 23.3 Å². The molecule has 7 nitrogen and oxygen atoms in total. The van der Waals surface area contributed by atoms with Gasteiger partial charge in [-0.3, -0.25) is 14.4 Å². The van der Waals surface area contributed by atoms with Gasteiger partial charge in [0.05, 0.1) is 17.4 Å². The minimum Gasteiger partial charge on any atom is -0.393 e. The quantitative estimate of drug-likeness (QED) is 0.474. The second kappa shape index (κ2) is 7.85. The SMILES string of the molecule is Cc1cc(NC(=O)c2c(C3CC3)c(C(=O)C(=O)N[C@]3(C)C[C@H](O)C3)n(C)c2C)ccc1F. The van der Waals surface area contributed by atoms with E-state index in [4.69, 9.17) is 0 Å². The number of halogens is 1. The predicted molar refractivity (Wildman–Crippen MR) is 117 cm³/mol. The molecule has 0 spiro atoms. The summed E-state index contributed by atoms with van der Waals surface area (Å²) in [6.07, 6.45) is 2.01. The molecule has 0 atom stereocenters. The Morgan fingerprint density at radius 1 is 1.19 bits per heavy atom. The lowest BCUT2D eigenvalue weighted by Crippen LogP contribution is -2.58. The Labute approximate surface area is 186 Å². The zero-order valence-electron chi connectivity index (χ0n) is 18.7. The zero-order chi connectivity index (χ0) is 23.4. The summed E-state index contributed by atoms with van der Waals surface area (Å²) in [6, 6.07) is 4.33. The third-order valence-corrected chi connectivity index (χ3v) is 6.56. The topological polar surface area (TPSA) is 100 Å². The molecule has 0 radical (unpaired) electrons. The Hall–Kier alpha value is -3.00. The van der Waals surface area contributed by atoms with E-state index < -0.39 is 23.3 Å². The minimum atomic E-state index is -0.733. The third-order valence-electron chi connectivity index (χ3n) is 6.56. The molecule has 3 N–H and O–H groups in total. The number of Topliss-reactive ketones (excluding diaryl/α,β-unsaturated/α-hetero) is 1. The van der Waals surface area contributed by atoms with E-state index in [0.717, 1.165) is 12.8 Å². The molecule has 0 unspecified atom stereocenters. The highest BCUT2D eigenvalue weighted by molar-refractivity contribution is 6.43. The van der Waals surface area contributed by atoms with Crippen molar-refractivity contribution in [1.82, 2.24) is 9.88 Å². The first kappa shape index (κ1) is 22.2. The highest BCUT2D eigenvalue weighted by atomic mass is 19.1. The standard InChI is InChI=1S/C24H28FN3O4/c1-12-9-15(7-8-17(12)25)26-22(31)18-13(2)28(4)20(19(18)14-5-6-14)21(30)23(32)27-24(3)10-16(29)11-24/h7-9,14,16,29H,5-6,10-11H2,1-4H3,(H,26,31)(H,27,32)/t16-,24+. The number of nitrogens with one attached hydrogen (secondary N) is 2. The maximum atomic E-state index is 13.6. The molecule has 32 heavy (non-hydrogen) atoms. The number of carbonyl (C=O) groups is 3. The summed E-state index contributed by atoms with van der Waals surface area (Å²) in [5.74, 6) is -2.12. The van der Waals surface area contributed by atoms with Gasteiger partial charge < -0.3 is 20.3 Å². The molecule has 2 saturated carbocycles. The fourth-order valence-corrected chi connectivity index (χ4v) is 4.60. The Kier molecular flexibility index (Phi) is 5.45. The van der Waals surface area contributed by atoms with Crippen LogP contribution < -0.4 is 10.6 Å². The molecule has 0 aliphatic heterocycles. The first-order chi connectivity index (χ1) is 15.0. The lowest BCUT2D eigenvalue weighted by atomic mass is 9.76. The molecule has 1 aromatic heterocycles. The van der Waals surface area contributed by atoms with Crippen molar-refractivity contribution in [3.8, 4) is 0 Å². The monoisotopic (exact) mass is 441 g/mol. The van der Waals surface area contributed by atoms with E-state index in [1.165, 1.54) is 12.1 Å². The fourth-order valence-electron chi connectivity index (χ4n) is 4.60. The van der Waals surface area contributed by atoms with Crippen LogP contribution in [0.2, 0.25) is 0 Å². The largest absolute Gasteiger partial charge is 0.393 e. The lowest BCUT2D eigenvalue weighted by Gasteiger charge is -2.42. The van der Waals surface area contributed by atoms with Crippen molar-refractivity contribution in [2.45, 2.75) is 64.0 Å². The van der Waals surface area contributed by atoms with Gasteiger partial charge in [-0.15, -0.1) is 0 Å². The number of hydrogen-bond acceptors (Lipinski definition) is 4. The van der Waals surface area contributed by atoms with Crippen LogP contribution in [-0.4, -0.2) is 38.9 Å². The summed E-state index contributed by atoms with van der Waals surface area (Å²) in [5.41, 5.74) is 2.07. The van der Waals surface area contributed by atoms with Crippen LogP contribution in [0.3, 0.4) is 0 Å². The van der Waals surface area contributed by atoms with Crippen LogP contribution in [0, 0.1) is 19.7 Å². The molecule has 2 amide bonds. The number of aromatic nitrogens is 1. The van der Waals surface area contributed by atoms with Gasteiger partial charge >= 0.3 is 0 Å². The number of aliphatic hydroxyl groups is 1. The molecule has 1 aromatic carbocycles. The van der Waals surface area contributed by atoms with E-state index in [2.05, 4.69) is 10.6 Å². The van der Waals surface area contributed by atoms with Crippen molar-refractivity contribution >= 4 is 23.3 Å². The van der Waals surface area contributed by atoms with Gasteiger partial charge in [0.25, 0.3) is 17.6 Å². The molecule has 1 heterocycles. The van der Waals surface area contributed by atoms with Crippen LogP contribution >= 0.6 is 0 Å². The second-order valence-corrected chi connectivity index (χ2v) is 9.38. The molecule has 2 aromatic rings. The number of aliphatic hydroxyl groups excluding tert-OH is 1. The van der Waals surface area contributed by atoms with Gasteiger partial charge in [-0.1, -0.05) is 0 Å². The minimum absolute atomic E-state index is 0.0402. The van der Waals surface area contributed by atoms with E-state index >= 15 is 0 Å². The third kappa shape index (κ3) is 3.95. The Balaban J connectivity index is 1.65. The van der Waals surface area contributed by atoms with Gasteiger partial charge in [0.1, 0.15) is 5.82 Å². The molecule has 8 heteroatoms. The number of aryl methyl sites for hydroxylation is 1. The summed E-state index contributed by atoms with van der Waals surface area (Å²) in [6.45, 7) is 5.16. The molecule has 2 aliphatic rings. The van der Waals surface area contributed by atoms with E-state index in [9.17, 15) is 23.9 Å². The Bertz CT molecular complexity index is 1130. The van der Waals surface area contributed by atoms with Crippen molar-refractivity contribution < 1.29 is 23.9 Å². The van der Waals surface area contributed by atoms with Crippen LogP contribution in [0.1, 0.15) is 76.2 Å². The fraction of sp³-hybridized carbons (Fsp3) is 0.458. The van der Waals surface area contributed by atoms with Gasteiger partial charge in [0.15, 0.2) is 0 Å². The summed E-state index contributed by atoms with van der Waals surface area (Å²) in [4.78, 5) is 39.1. The van der Waals surface area contributed by atoms with Crippen LogP contribution in [0.5, 0.6) is 0 Å². The lowest BCUT2D eigenvalue weighted by molar-refractivity contribution is -0.121. The van der Waals surface area contributed by atoms with E-state index in [1.54, 1.807) is 38.5 Å². The number of anilines is 1. The normalized spacial score (nSPS) is 22.2. The first-order valence-electron chi connectivity index (χ1n) is 10.8. The average Bonchev–Trinajstić information content (AvgIpc) is 3.49. The molecule has 4 rings (SSSR count). The average molecular weight is 442 g/mol. The number of benzene rings is 1. The first-order valence-corrected chi connectivity index (χ1v) is 10.8.